The second-order valence-electron chi connectivity index (χ2n) is 20.1. The van der Waals surface area contributed by atoms with Crippen LogP contribution in [0.3, 0.4) is 0 Å². The fraction of sp³-hybridized carbons (Fsp3) is 0.352. The van der Waals surface area contributed by atoms with Gasteiger partial charge in [0.1, 0.15) is 0 Å². The van der Waals surface area contributed by atoms with Gasteiger partial charge in [0.05, 0.1) is 16.9 Å². The van der Waals surface area contributed by atoms with Crippen LogP contribution in [0.1, 0.15) is 100 Å². The van der Waals surface area contributed by atoms with Gasteiger partial charge in [-0.25, -0.2) is 9.97 Å². The molecule has 0 bridgehead atoms. The van der Waals surface area contributed by atoms with E-state index >= 15 is 0 Å². The topological polar surface area (TPSA) is 115 Å². The molecule has 1 N–H and O–H groups in total. The number of ketones is 1. The molecule has 9 heteroatoms. The van der Waals surface area contributed by atoms with Gasteiger partial charge in [-0.05, 0) is 82.8 Å². The minimum Gasteiger partial charge on any atom is -0.512 e. The summed E-state index contributed by atoms with van der Waals surface area (Å²) >= 11 is 0. The first-order valence-electron chi connectivity index (χ1n) is 21.4. The Bertz CT molecular complexity index is 2830. The summed E-state index contributed by atoms with van der Waals surface area (Å²) in [6, 6.07) is 30.8. The summed E-state index contributed by atoms with van der Waals surface area (Å²) in [6.07, 6.45) is 11.6. The van der Waals surface area contributed by atoms with E-state index in [1.165, 1.54) is 17.2 Å². The third-order valence-electron chi connectivity index (χ3n) is 9.70. The van der Waals surface area contributed by atoms with Crippen LogP contribution in [-0.2, 0) is 37.7 Å². The standard InChI is InChI=1S/C21H19N2O.C20H17N2O.C13H24O2.Ir/c1-21(2,3)13-14-9-11-22-18(12-14)17-7-4-6-15-16-8-5-10-23-20(16)24-19(15)17;1-13(2)11-14-8-10-21-18(12-14)17-6-3-5-15-16-7-4-9-22-20(16)23-19(15)17;1-12(2,3)8-10(14)7-11(15)9-13(4,5)6;/h4-6,8-12H,13H2,1-3H3;3-5,7-10,12-13H,11H2,1-2H3;7,14H,8-9H2,1-6H3;/q2*-1;;/b;;10-7-;. The Hall–Kier alpha value is -5.50. The molecule has 0 saturated heterocycles. The van der Waals surface area contributed by atoms with Crippen molar-refractivity contribution in [1.29, 1.82) is 0 Å². The van der Waals surface area contributed by atoms with Crippen molar-refractivity contribution >= 4 is 49.9 Å². The maximum absolute atomic E-state index is 11.5. The number of hydrogen-bond acceptors (Lipinski definition) is 8. The molecule has 63 heavy (non-hydrogen) atoms. The van der Waals surface area contributed by atoms with Gasteiger partial charge >= 0.3 is 0 Å². The summed E-state index contributed by atoms with van der Waals surface area (Å²) in [4.78, 5) is 29.2. The summed E-state index contributed by atoms with van der Waals surface area (Å²) < 4.78 is 12.0. The molecular formula is C54H60IrN4O4-2. The molecule has 0 aliphatic heterocycles. The normalized spacial score (nSPS) is 12.2. The van der Waals surface area contributed by atoms with Crippen LogP contribution in [-0.4, -0.2) is 30.8 Å². The molecule has 331 valence electrons. The number of benzene rings is 2. The average molecular weight is 1020 g/mol. The van der Waals surface area contributed by atoms with Gasteiger partial charge < -0.3 is 23.9 Å². The molecule has 0 aliphatic carbocycles. The van der Waals surface area contributed by atoms with Crippen LogP contribution in [0.5, 0.6) is 0 Å². The summed E-state index contributed by atoms with van der Waals surface area (Å²) in [7, 11) is 0. The largest absolute Gasteiger partial charge is 0.512 e. The van der Waals surface area contributed by atoms with Gasteiger partial charge in [-0.1, -0.05) is 121 Å². The molecule has 2 aromatic carbocycles. The van der Waals surface area contributed by atoms with Crippen LogP contribution < -0.4 is 0 Å². The number of allylic oxidation sites excluding steroid dienone is 2. The Morgan fingerprint density at radius 3 is 1.57 bits per heavy atom. The van der Waals surface area contributed by atoms with Crippen molar-refractivity contribution in [3.8, 4) is 22.5 Å². The third kappa shape index (κ3) is 13.5. The van der Waals surface area contributed by atoms with Gasteiger partial charge in [-0.2, -0.15) is 0 Å². The summed E-state index contributed by atoms with van der Waals surface area (Å²) in [5.74, 6) is 0.807. The predicted molar refractivity (Wildman–Crippen MR) is 253 cm³/mol. The molecule has 8 nitrogen and oxygen atoms in total. The number of carbonyl (C=O) groups excluding carboxylic acids is 1. The molecule has 0 aliphatic rings. The molecule has 0 atom stereocenters. The minimum absolute atomic E-state index is 0. The van der Waals surface area contributed by atoms with Gasteiger partial charge in [-0.3, -0.25) is 4.79 Å². The van der Waals surface area contributed by atoms with Crippen LogP contribution >= 0.6 is 0 Å². The van der Waals surface area contributed by atoms with E-state index in [9.17, 15) is 9.90 Å². The van der Waals surface area contributed by atoms with E-state index in [-0.39, 0.29) is 47.9 Å². The monoisotopic (exact) mass is 1020 g/mol. The first-order chi connectivity index (χ1) is 29.2. The number of fused-ring (bicyclic) bond motifs is 6. The number of aromatic nitrogens is 4. The summed E-state index contributed by atoms with van der Waals surface area (Å²) in [6.45, 7) is 23.3. The van der Waals surface area contributed by atoms with Crippen molar-refractivity contribution < 1.29 is 38.8 Å². The fourth-order valence-corrected chi connectivity index (χ4v) is 7.43. The van der Waals surface area contributed by atoms with Crippen molar-refractivity contribution in [1.82, 2.24) is 19.9 Å². The van der Waals surface area contributed by atoms with E-state index in [0.29, 0.717) is 30.2 Å². The van der Waals surface area contributed by atoms with Gasteiger partial charge in [-0.15, -0.1) is 36.4 Å². The van der Waals surface area contributed by atoms with Gasteiger partial charge in [0, 0.05) is 74.6 Å². The maximum Gasteiger partial charge on any atom is 0.216 e. The van der Waals surface area contributed by atoms with Crippen molar-refractivity contribution in [3.05, 3.63) is 133 Å². The van der Waals surface area contributed by atoms with E-state index < -0.39 is 0 Å². The molecule has 6 aromatic heterocycles. The quantitative estimate of drug-likeness (QED) is 0.0909. The molecule has 0 amide bonds. The van der Waals surface area contributed by atoms with Gasteiger partial charge in [0.15, 0.2) is 5.78 Å². The molecule has 6 heterocycles. The molecule has 0 fully saturated rings. The second kappa shape index (κ2) is 20.3. The Labute approximate surface area is 386 Å². The van der Waals surface area contributed by atoms with E-state index in [2.05, 4.69) is 91.0 Å². The predicted octanol–water partition coefficient (Wildman–Crippen LogP) is 14.3. The van der Waals surface area contributed by atoms with E-state index in [4.69, 9.17) is 8.83 Å². The molecule has 0 saturated carbocycles. The molecule has 1 radical (unpaired) electrons. The molecule has 0 unspecified atom stereocenters. The SMILES string of the molecule is CC(C)(C)CC(=O)/C=C(\O)CC(C)(C)C.CC(C)(C)Cc1ccnc(-c2[c-]ccc3c2oc2ncccc23)c1.CC(C)Cc1ccnc(-c2[c-]ccc3c2oc2ncccc23)c1.[Ir]. The Morgan fingerprint density at radius 1 is 0.635 bits per heavy atom. The number of rotatable bonds is 8. The number of pyridine rings is 4. The number of furan rings is 2. The van der Waals surface area contributed by atoms with Crippen molar-refractivity contribution in [2.24, 2.45) is 22.2 Å². The smallest absolute Gasteiger partial charge is 0.216 e. The number of nitrogens with zero attached hydrogens (tertiary/aromatic N) is 4. The Morgan fingerprint density at radius 2 is 1.11 bits per heavy atom. The van der Waals surface area contributed by atoms with Crippen LogP contribution in [0.15, 0.2) is 118 Å². The third-order valence-corrected chi connectivity index (χ3v) is 9.70. The van der Waals surface area contributed by atoms with Crippen molar-refractivity contribution in [2.45, 2.75) is 102 Å². The van der Waals surface area contributed by atoms with E-state index in [0.717, 1.165) is 68.1 Å². The zero-order chi connectivity index (χ0) is 44.8. The van der Waals surface area contributed by atoms with Crippen LogP contribution in [0.4, 0.5) is 0 Å². The summed E-state index contributed by atoms with van der Waals surface area (Å²) in [5, 5.41) is 13.7. The second-order valence-corrected chi connectivity index (χ2v) is 20.1. The Kier molecular flexibility index (Phi) is 15.7. The van der Waals surface area contributed by atoms with Crippen LogP contribution in [0.2, 0.25) is 0 Å². The average Bonchev–Trinajstić information content (AvgIpc) is 3.75. The zero-order valence-corrected chi connectivity index (χ0v) is 40.9. The minimum atomic E-state index is -0.0183. The van der Waals surface area contributed by atoms with Crippen molar-refractivity contribution in [2.75, 3.05) is 0 Å². The number of aliphatic hydroxyl groups is 1. The van der Waals surface area contributed by atoms with Gasteiger partial charge in [0.2, 0.25) is 11.4 Å². The van der Waals surface area contributed by atoms with E-state index in [1.54, 1.807) is 12.4 Å². The Balaban J connectivity index is 0.000000182. The molecule has 8 aromatic rings. The molecular weight excluding hydrogens is 961 g/mol. The molecule has 8 rings (SSSR count). The number of carbonyl (C=O) groups is 1. The van der Waals surface area contributed by atoms with Crippen LogP contribution in [0.25, 0.3) is 66.7 Å². The first-order valence-corrected chi connectivity index (χ1v) is 21.4. The number of aliphatic hydroxyl groups excluding tert-OH is 1. The first kappa shape index (κ1) is 48.5. The maximum atomic E-state index is 11.5. The van der Waals surface area contributed by atoms with Gasteiger partial charge in [0.25, 0.3) is 0 Å². The van der Waals surface area contributed by atoms with Crippen molar-refractivity contribution in [3.63, 3.8) is 0 Å². The molecule has 0 spiro atoms. The fourth-order valence-electron chi connectivity index (χ4n) is 7.43. The summed E-state index contributed by atoms with van der Waals surface area (Å²) in [5.41, 5.74) is 9.26. The van der Waals surface area contributed by atoms with Crippen LogP contribution in [0, 0.1) is 34.3 Å². The zero-order valence-electron chi connectivity index (χ0n) is 38.5. The number of hydrogen-bond donors (Lipinski definition) is 1. The van der Waals surface area contributed by atoms with E-state index in [1.807, 2.05) is 102 Å².